The van der Waals surface area contributed by atoms with Gasteiger partial charge in [0.15, 0.2) is 5.78 Å². The molecule has 0 spiro atoms. The zero-order valence-electron chi connectivity index (χ0n) is 16.9. The Labute approximate surface area is 171 Å². The van der Waals surface area contributed by atoms with Crippen molar-refractivity contribution in [2.75, 3.05) is 10.7 Å². The topological polar surface area (TPSA) is 71.5 Å². The van der Waals surface area contributed by atoms with Crippen LogP contribution in [-0.2, 0) is 14.4 Å². The SMILES string of the molecule is CC(=O)c1cccc(N2C(=O)CC(SCC(=O)CCCCCC(C)C)C2=O)c1. The number of thioether (sulfide) groups is 1. The highest BCUT2D eigenvalue weighted by atomic mass is 32.2. The molecule has 1 aromatic carbocycles. The summed E-state index contributed by atoms with van der Waals surface area (Å²) in [5, 5.41) is -0.529. The molecule has 1 aromatic rings. The number of hydrogen-bond acceptors (Lipinski definition) is 5. The van der Waals surface area contributed by atoms with Crippen LogP contribution in [0.15, 0.2) is 24.3 Å². The van der Waals surface area contributed by atoms with Crippen LogP contribution in [0.5, 0.6) is 0 Å². The second-order valence-corrected chi connectivity index (χ2v) is 8.90. The van der Waals surface area contributed by atoms with Crippen molar-refractivity contribution in [2.24, 2.45) is 5.92 Å². The number of rotatable bonds is 11. The number of ketones is 2. The minimum atomic E-state index is -0.529. The molecule has 2 rings (SSSR count). The van der Waals surface area contributed by atoms with Crippen molar-refractivity contribution in [2.45, 2.75) is 64.5 Å². The van der Waals surface area contributed by atoms with Gasteiger partial charge in [-0.05, 0) is 31.4 Å². The first kappa shape index (κ1) is 22.3. The van der Waals surface area contributed by atoms with Gasteiger partial charge in [0.05, 0.1) is 16.7 Å². The third-order valence-electron chi connectivity index (χ3n) is 4.80. The van der Waals surface area contributed by atoms with Gasteiger partial charge in [-0.1, -0.05) is 45.2 Å². The number of imide groups is 1. The first-order valence-electron chi connectivity index (χ1n) is 9.90. The zero-order chi connectivity index (χ0) is 20.7. The standard InChI is InChI=1S/C22H29NO4S/c1-15(2)8-5-4-6-11-19(25)14-28-20-13-21(26)23(22(20)27)18-10-7-9-17(12-18)16(3)24/h7,9-10,12,15,20H,4-6,8,11,13-14H2,1-3H3. The van der Waals surface area contributed by atoms with Crippen LogP contribution >= 0.6 is 11.8 Å². The molecule has 1 atom stereocenters. The molecule has 0 radical (unpaired) electrons. The normalized spacial score (nSPS) is 16.9. The van der Waals surface area contributed by atoms with Crippen LogP contribution in [0.2, 0.25) is 0 Å². The zero-order valence-corrected chi connectivity index (χ0v) is 17.7. The van der Waals surface area contributed by atoms with Crippen molar-refractivity contribution in [1.82, 2.24) is 0 Å². The number of Topliss-reactive ketones (excluding diaryl/α,β-unsaturated/α-hetero) is 2. The van der Waals surface area contributed by atoms with Gasteiger partial charge in [-0.25, -0.2) is 4.90 Å². The number of benzene rings is 1. The highest BCUT2D eigenvalue weighted by molar-refractivity contribution is 8.01. The van der Waals surface area contributed by atoms with Gasteiger partial charge in [0.25, 0.3) is 0 Å². The third-order valence-corrected chi connectivity index (χ3v) is 6.06. The van der Waals surface area contributed by atoms with Crippen molar-refractivity contribution in [3.8, 4) is 0 Å². The van der Waals surface area contributed by atoms with Crippen LogP contribution in [0.3, 0.4) is 0 Å². The van der Waals surface area contributed by atoms with E-state index < -0.39 is 5.25 Å². The summed E-state index contributed by atoms with van der Waals surface area (Å²) in [4.78, 5) is 49.8. The summed E-state index contributed by atoms with van der Waals surface area (Å²) >= 11 is 1.25. The predicted octanol–water partition coefficient (Wildman–Crippen LogP) is 4.43. The molecule has 1 aliphatic rings. The number of carbonyl (C=O) groups excluding carboxylic acids is 4. The number of unbranched alkanes of at least 4 members (excludes halogenated alkanes) is 2. The van der Waals surface area contributed by atoms with E-state index in [2.05, 4.69) is 13.8 Å². The molecule has 1 unspecified atom stereocenters. The Morgan fingerprint density at radius 1 is 1.18 bits per heavy atom. The van der Waals surface area contributed by atoms with Crippen LogP contribution in [0, 0.1) is 5.92 Å². The lowest BCUT2D eigenvalue weighted by Crippen LogP contribution is -2.31. The van der Waals surface area contributed by atoms with E-state index in [9.17, 15) is 19.2 Å². The maximum Gasteiger partial charge on any atom is 0.247 e. The average Bonchev–Trinajstić information content (AvgIpc) is 2.93. The molecular weight excluding hydrogens is 374 g/mol. The molecule has 1 heterocycles. The first-order valence-corrected chi connectivity index (χ1v) is 11.0. The first-order chi connectivity index (χ1) is 13.3. The molecule has 0 bridgehead atoms. The largest absolute Gasteiger partial charge is 0.299 e. The Bertz CT molecular complexity index is 744. The van der Waals surface area contributed by atoms with Gasteiger partial charge in [0.2, 0.25) is 11.8 Å². The molecule has 0 aliphatic carbocycles. The quantitative estimate of drug-likeness (QED) is 0.310. The van der Waals surface area contributed by atoms with Gasteiger partial charge >= 0.3 is 0 Å². The highest BCUT2D eigenvalue weighted by Gasteiger charge is 2.40. The van der Waals surface area contributed by atoms with E-state index in [1.165, 1.54) is 25.1 Å². The monoisotopic (exact) mass is 403 g/mol. The van der Waals surface area contributed by atoms with Gasteiger partial charge in [0, 0.05) is 18.4 Å². The fourth-order valence-corrected chi connectivity index (χ4v) is 4.23. The molecule has 6 heteroatoms. The number of hydrogen-bond donors (Lipinski definition) is 0. The highest BCUT2D eigenvalue weighted by Crippen LogP contribution is 2.30. The van der Waals surface area contributed by atoms with Crippen LogP contribution in [0.1, 0.15) is 69.7 Å². The molecule has 0 aromatic heterocycles. The second-order valence-electron chi connectivity index (χ2n) is 7.71. The maximum absolute atomic E-state index is 12.7. The van der Waals surface area contributed by atoms with Crippen molar-refractivity contribution in [1.29, 1.82) is 0 Å². The van der Waals surface area contributed by atoms with E-state index in [1.807, 2.05) is 0 Å². The van der Waals surface area contributed by atoms with E-state index in [-0.39, 0.29) is 35.6 Å². The van der Waals surface area contributed by atoms with Crippen LogP contribution in [0.4, 0.5) is 5.69 Å². The maximum atomic E-state index is 12.7. The number of amides is 2. The molecule has 1 fully saturated rings. The molecular formula is C22H29NO4S. The van der Waals surface area contributed by atoms with Gasteiger partial charge < -0.3 is 0 Å². The van der Waals surface area contributed by atoms with Gasteiger partial charge in [0.1, 0.15) is 5.78 Å². The van der Waals surface area contributed by atoms with Crippen LogP contribution < -0.4 is 4.90 Å². The average molecular weight is 404 g/mol. The van der Waals surface area contributed by atoms with Gasteiger partial charge in [-0.15, -0.1) is 11.8 Å². The van der Waals surface area contributed by atoms with Crippen molar-refractivity contribution in [3.63, 3.8) is 0 Å². The van der Waals surface area contributed by atoms with Gasteiger partial charge in [-0.3, -0.25) is 19.2 Å². The Morgan fingerprint density at radius 3 is 2.61 bits per heavy atom. The summed E-state index contributed by atoms with van der Waals surface area (Å²) in [5.74, 6) is 0.369. The van der Waals surface area contributed by atoms with Gasteiger partial charge in [-0.2, -0.15) is 0 Å². The summed E-state index contributed by atoms with van der Waals surface area (Å²) in [5.41, 5.74) is 0.879. The Kier molecular flexibility index (Phi) is 8.42. The van der Waals surface area contributed by atoms with E-state index in [4.69, 9.17) is 0 Å². The Balaban J connectivity index is 1.84. The summed E-state index contributed by atoms with van der Waals surface area (Å²) in [6, 6.07) is 6.53. The number of anilines is 1. The minimum Gasteiger partial charge on any atom is -0.299 e. The summed E-state index contributed by atoms with van der Waals surface area (Å²) in [7, 11) is 0. The molecule has 2 amide bonds. The predicted molar refractivity (Wildman–Crippen MR) is 113 cm³/mol. The van der Waals surface area contributed by atoms with Crippen LogP contribution in [-0.4, -0.2) is 34.4 Å². The number of carbonyl (C=O) groups is 4. The van der Waals surface area contributed by atoms with Crippen molar-refractivity contribution < 1.29 is 19.2 Å². The molecule has 1 saturated heterocycles. The Morgan fingerprint density at radius 2 is 1.93 bits per heavy atom. The van der Waals surface area contributed by atoms with Crippen LogP contribution in [0.25, 0.3) is 0 Å². The summed E-state index contributed by atoms with van der Waals surface area (Å²) in [6.45, 7) is 5.84. The van der Waals surface area contributed by atoms with E-state index in [0.717, 1.165) is 24.2 Å². The van der Waals surface area contributed by atoms with E-state index in [1.54, 1.807) is 24.3 Å². The molecule has 152 valence electrons. The summed E-state index contributed by atoms with van der Waals surface area (Å²) < 4.78 is 0. The lowest BCUT2D eigenvalue weighted by Gasteiger charge is -2.15. The van der Waals surface area contributed by atoms with Crippen molar-refractivity contribution in [3.05, 3.63) is 29.8 Å². The lowest BCUT2D eigenvalue weighted by molar-refractivity contribution is -0.121. The summed E-state index contributed by atoms with van der Waals surface area (Å²) in [6.07, 6.45) is 4.88. The smallest absolute Gasteiger partial charge is 0.247 e. The fourth-order valence-electron chi connectivity index (χ4n) is 3.19. The lowest BCUT2D eigenvalue weighted by atomic mass is 10.0. The third kappa shape index (κ3) is 6.30. The molecule has 28 heavy (non-hydrogen) atoms. The Hall–Kier alpha value is -1.95. The molecule has 0 N–H and O–H groups in total. The van der Waals surface area contributed by atoms with Crippen molar-refractivity contribution >= 4 is 40.8 Å². The van der Waals surface area contributed by atoms with E-state index >= 15 is 0 Å². The molecule has 1 aliphatic heterocycles. The molecule has 5 nitrogen and oxygen atoms in total. The van der Waals surface area contributed by atoms with E-state index in [0.29, 0.717) is 23.6 Å². The number of nitrogens with zero attached hydrogens (tertiary/aromatic N) is 1. The fraction of sp³-hybridized carbons (Fsp3) is 0.545. The minimum absolute atomic E-state index is 0.0927. The molecule has 0 saturated carbocycles. The second kappa shape index (κ2) is 10.6.